The number of esters is 1. The fourth-order valence-corrected chi connectivity index (χ4v) is 2.87. The zero-order chi connectivity index (χ0) is 19.2. The largest absolute Gasteiger partial charge is 0.462 e. The molecule has 1 amide bonds. The lowest BCUT2D eigenvalue weighted by Crippen LogP contribution is -2.37. The molecule has 1 fully saturated rings. The third kappa shape index (κ3) is 5.21. The van der Waals surface area contributed by atoms with Gasteiger partial charge in [0.15, 0.2) is 0 Å². The Kier molecular flexibility index (Phi) is 7.78. The second-order valence-electron chi connectivity index (χ2n) is 6.01. The number of nitrogens with zero attached hydrogens (tertiary/aromatic N) is 1. The first kappa shape index (κ1) is 21.7. The van der Waals surface area contributed by atoms with Crippen LogP contribution in [-0.4, -0.2) is 44.8 Å². The number of nitrogens with one attached hydrogen (secondary N) is 1. The van der Waals surface area contributed by atoms with Crippen molar-refractivity contribution in [2.24, 2.45) is 0 Å². The maximum Gasteiger partial charge on any atom is 0.340 e. The van der Waals surface area contributed by atoms with Gasteiger partial charge >= 0.3 is 5.97 Å². The third-order valence-corrected chi connectivity index (χ3v) is 4.21. The fourth-order valence-electron chi connectivity index (χ4n) is 2.87. The number of morpholine rings is 1. The van der Waals surface area contributed by atoms with Crippen LogP contribution < -0.4 is 10.2 Å². The summed E-state index contributed by atoms with van der Waals surface area (Å²) in [6.07, 6.45) is 0. The molecule has 0 atom stereocenters. The number of anilines is 2. The Bertz CT molecular complexity index is 823. The average molecular weight is 409 g/mol. The zero-order valence-electron chi connectivity index (χ0n) is 15.4. The summed E-state index contributed by atoms with van der Waals surface area (Å²) >= 11 is 0. The van der Waals surface area contributed by atoms with Gasteiger partial charge in [0.05, 0.1) is 31.1 Å². The maximum atomic E-state index is 13.0. The molecule has 0 saturated carbocycles. The minimum atomic E-state index is -0.447. The molecule has 2 aromatic carbocycles. The van der Waals surface area contributed by atoms with Gasteiger partial charge in [0, 0.05) is 24.3 Å². The highest BCUT2D eigenvalue weighted by atomic mass is 35.5. The molecule has 1 N–H and O–H groups in total. The Morgan fingerprint density at radius 3 is 2.46 bits per heavy atom. The molecule has 0 unspecified atom stereocenters. The van der Waals surface area contributed by atoms with Crippen molar-refractivity contribution in [1.82, 2.24) is 0 Å². The van der Waals surface area contributed by atoms with Gasteiger partial charge in [-0.25, -0.2) is 9.18 Å². The van der Waals surface area contributed by atoms with Crippen LogP contribution in [0.3, 0.4) is 0 Å². The number of ether oxygens (including phenoxy) is 2. The molecule has 1 aliphatic heterocycles. The number of hydrogen-bond donors (Lipinski definition) is 1. The van der Waals surface area contributed by atoms with Crippen LogP contribution in [0.2, 0.25) is 0 Å². The van der Waals surface area contributed by atoms with Crippen molar-refractivity contribution < 1.29 is 23.5 Å². The van der Waals surface area contributed by atoms with E-state index in [1.54, 1.807) is 25.1 Å². The highest BCUT2D eigenvalue weighted by Gasteiger charge is 2.21. The predicted octanol–water partition coefficient (Wildman–Crippen LogP) is 3.51. The van der Waals surface area contributed by atoms with Crippen LogP contribution in [0, 0.1) is 5.82 Å². The monoisotopic (exact) mass is 408 g/mol. The van der Waals surface area contributed by atoms with E-state index in [4.69, 9.17) is 9.47 Å². The van der Waals surface area contributed by atoms with Crippen LogP contribution in [0.15, 0.2) is 42.5 Å². The van der Waals surface area contributed by atoms with Gasteiger partial charge in [-0.2, -0.15) is 0 Å². The summed E-state index contributed by atoms with van der Waals surface area (Å²) < 4.78 is 23.5. The van der Waals surface area contributed by atoms with Gasteiger partial charge in [-0.05, 0) is 49.4 Å². The van der Waals surface area contributed by atoms with Crippen LogP contribution in [0.5, 0.6) is 0 Å². The molecule has 0 spiro atoms. The molecule has 1 aliphatic rings. The summed E-state index contributed by atoms with van der Waals surface area (Å²) in [6, 6.07) is 10.4. The molecule has 0 radical (unpaired) electrons. The topological polar surface area (TPSA) is 67.9 Å². The summed E-state index contributed by atoms with van der Waals surface area (Å²) in [6.45, 7) is 4.53. The second-order valence-corrected chi connectivity index (χ2v) is 6.01. The molecule has 2 aromatic rings. The van der Waals surface area contributed by atoms with Crippen molar-refractivity contribution >= 4 is 35.7 Å². The molecule has 8 heteroatoms. The van der Waals surface area contributed by atoms with Crippen molar-refractivity contribution in [3.8, 4) is 0 Å². The van der Waals surface area contributed by atoms with E-state index in [1.165, 1.54) is 24.3 Å². The van der Waals surface area contributed by atoms with E-state index >= 15 is 0 Å². The second kappa shape index (κ2) is 10.1. The van der Waals surface area contributed by atoms with Gasteiger partial charge in [-0.15, -0.1) is 12.4 Å². The van der Waals surface area contributed by atoms with E-state index in [2.05, 4.69) is 10.2 Å². The van der Waals surface area contributed by atoms with Crippen molar-refractivity contribution in [3.63, 3.8) is 0 Å². The number of carbonyl (C=O) groups excluding carboxylic acids is 2. The molecule has 0 aliphatic carbocycles. The van der Waals surface area contributed by atoms with Gasteiger partial charge in [0.25, 0.3) is 5.91 Å². The number of halogens is 2. The van der Waals surface area contributed by atoms with Crippen LogP contribution >= 0.6 is 12.4 Å². The lowest BCUT2D eigenvalue weighted by molar-refractivity contribution is 0.0526. The van der Waals surface area contributed by atoms with Gasteiger partial charge < -0.3 is 19.7 Å². The van der Waals surface area contributed by atoms with Crippen molar-refractivity contribution in [3.05, 3.63) is 59.4 Å². The summed E-state index contributed by atoms with van der Waals surface area (Å²) in [5.74, 6) is -1.24. The number of amides is 1. The summed E-state index contributed by atoms with van der Waals surface area (Å²) in [5.41, 5.74) is 1.92. The van der Waals surface area contributed by atoms with E-state index in [9.17, 15) is 14.0 Å². The average Bonchev–Trinajstić information content (AvgIpc) is 2.69. The third-order valence-electron chi connectivity index (χ3n) is 4.21. The predicted molar refractivity (Wildman–Crippen MR) is 107 cm³/mol. The first-order chi connectivity index (χ1) is 13.1. The van der Waals surface area contributed by atoms with Gasteiger partial charge in [0.1, 0.15) is 5.82 Å². The molecule has 0 aromatic heterocycles. The Morgan fingerprint density at radius 2 is 1.82 bits per heavy atom. The van der Waals surface area contributed by atoms with Crippen molar-refractivity contribution in [2.45, 2.75) is 6.92 Å². The first-order valence-corrected chi connectivity index (χ1v) is 8.79. The highest BCUT2D eigenvalue weighted by Crippen LogP contribution is 2.26. The van der Waals surface area contributed by atoms with Gasteiger partial charge in [-0.3, -0.25) is 4.79 Å². The first-order valence-electron chi connectivity index (χ1n) is 8.79. The van der Waals surface area contributed by atoms with Crippen LogP contribution in [0.25, 0.3) is 0 Å². The fraction of sp³-hybridized carbons (Fsp3) is 0.300. The highest BCUT2D eigenvalue weighted by molar-refractivity contribution is 6.05. The van der Waals surface area contributed by atoms with E-state index in [1.807, 2.05) is 0 Å². The molecule has 150 valence electrons. The number of rotatable bonds is 5. The molecule has 3 rings (SSSR count). The Morgan fingerprint density at radius 1 is 1.14 bits per heavy atom. The maximum absolute atomic E-state index is 13.0. The number of benzene rings is 2. The van der Waals surface area contributed by atoms with E-state index in [-0.39, 0.29) is 24.9 Å². The van der Waals surface area contributed by atoms with E-state index < -0.39 is 11.8 Å². The number of carbonyl (C=O) groups is 2. The molecule has 1 heterocycles. The Hall–Kier alpha value is -2.64. The lowest BCUT2D eigenvalue weighted by atomic mass is 10.1. The van der Waals surface area contributed by atoms with Gasteiger partial charge in [0.2, 0.25) is 0 Å². The minimum Gasteiger partial charge on any atom is -0.462 e. The standard InChI is InChI=1S/C20H21FN2O4.ClH/c1-2-27-20(25)17-13-16(7-8-18(17)23-9-11-26-12-10-23)22-19(24)14-3-5-15(21)6-4-14;/h3-8,13H,2,9-12H2,1H3,(H,22,24);1H. The number of hydrogen-bond acceptors (Lipinski definition) is 5. The smallest absolute Gasteiger partial charge is 0.340 e. The quantitative estimate of drug-likeness (QED) is 0.767. The lowest BCUT2D eigenvalue weighted by Gasteiger charge is -2.30. The SMILES string of the molecule is CCOC(=O)c1cc(NC(=O)c2ccc(F)cc2)ccc1N1CCOCC1.Cl. The molecular formula is C20H22ClFN2O4. The van der Waals surface area contributed by atoms with Crippen molar-refractivity contribution in [1.29, 1.82) is 0 Å². The Balaban J connectivity index is 0.00000280. The summed E-state index contributed by atoms with van der Waals surface area (Å²) in [5, 5.41) is 2.73. The van der Waals surface area contributed by atoms with E-state index in [0.29, 0.717) is 43.1 Å². The molecular weight excluding hydrogens is 387 g/mol. The van der Waals surface area contributed by atoms with Crippen LogP contribution in [0.1, 0.15) is 27.6 Å². The molecule has 28 heavy (non-hydrogen) atoms. The summed E-state index contributed by atoms with van der Waals surface area (Å²) in [4.78, 5) is 26.8. The normalized spacial score (nSPS) is 13.4. The van der Waals surface area contributed by atoms with Crippen molar-refractivity contribution in [2.75, 3.05) is 43.1 Å². The minimum absolute atomic E-state index is 0. The van der Waals surface area contributed by atoms with E-state index in [0.717, 1.165) is 5.69 Å². The van der Waals surface area contributed by atoms with Crippen LogP contribution in [-0.2, 0) is 9.47 Å². The van der Waals surface area contributed by atoms with Crippen LogP contribution in [0.4, 0.5) is 15.8 Å². The molecule has 6 nitrogen and oxygen atoms in total. The zero-order valence-corrected chi connectivity index (χ0v) is 16.3. The summed E-state index contributed by atoms with van der Waals surface area (Å²) in [7, 11) is 0. The molecule has 0 bridgehead atoms. The van der Waals surface area contributed by atoms with Gasteiger partial charge in [-0.1, -0.05) is 0 Å². The molecule has 1 saturated heterocycles. The Labute approximate surface area is 169 Å².